The molecule has 0 spiro atoms. The van der Waals surface area contributed by atoms with Gasteiger partial charge in [-0.2, -0.15) is 0 Å². The van der Waals surface area contributed by atoms with Gasteiger partial charge in [0.2, 0.25) is 0 Å². The van der Waals surface area contributed by atoms with Gasteiger partial charge >= 0.3 is 0 Å². The van der Waals surface area contributed by atoms with Crippen molar-refractivity contribution >= 4 is 0 Å². The van der Waals surface area contributed by atoms with Crippen LogP contribution in [0.1, 0.15) is 29.9 Å². The van der Waals surface area contributed by atoms with E-state index in [1.54, 1.807) is 0 Å². The monoisotopic (exact) mass is 164 g/mol. The molecule has 0 aliphatic heterocycles. The third-order valence-electron chi connectivity index (χ3n) is 2.76. The molecular weight excluding hydrogens is 148 g/mol. The number of H-pyrrole nitrogens is 1. The zero-order chi connectivity index (χ0) is 8.39. The minimum absolute atomic E-state index is 0.741. The fraction of sp³-hybridized carbons (Fsp3) is 0.600. The summed E-state index contributed by atoms with van der Waals surface area (Å²) in [5.41, 5.74) is 3.07. The van der Waals surface area contributed by atoms with Gasteiger partial charge in [0.1, 0.15) is 0 Å². The van der Waals surface area contributed by atoms with Crippen LogP contribution in [0.4, 0.5) is 0 Å². The Morgan fingerprint density at radius 2 is 2.50 bits per heavy atom. The second-order valence-electron chi connectivity index (χ2n) is 3.58. The summed E-state index contributed by atoms with van der Waals surface area (Å²) < 4.78 is 0. The molecule has 0 aromatic carbocycles. The average molecular weight is 164 g/mol. The molecule has 0 radical (unpaired) electrons. The van der Waals surface area contributed by atoms with Gasteiger partial charge in [0.25, 0.3) is 0 Å². The Balaban J connectivity index is 2.19. The van der Waals surface area contributed by atoms with Crippen molar-refractivity contribution in [2.24, 2.45) is 0 Å². The first-order valence-corrected chi connectivity index (χ1v) is 4.72. The molecule has 2 N–H and O–H groups in total. The van der Waals surface area contributed by atoms with Gasteiger partial charge in [-0.1, -0.05) is 0 Å². The highest BCUT2D eigenvalue weighted by Gasteiger charge is 2.19. The molecule has 0 amide bonds. The molecule has 2 nitrogen and oxygen atoms in total. The number of aromatic amines is 1. The van der Waals surface area contributed by atoms with Gasteiger partial charge in [-0.3, -0.25) is 0 Å². The Bertz CT molecular complexity index is 252. The standard InChI is InChI=1S/C10H16N2/c1-11-5-8-3-2-4-9-6-12-7-10(8)9/h6-8,11-12H,2-5H2,1H3. The number of aryl methyl sites for hydroxylation is 1. The molecular formula is C10H16N2. The molecule has 1 aromatic rings. The normalized spacial score (nSPS) is 22.2. The molecule has 1 heterocycles. The molecule has 1 aliphatic carbocycles. The minimum atomic E-state index is 0.741. The van der Waals surface area contributed by atoms with Crippen LogP contribution in [-0.2, 0) is 6.42 Å². The number of rotatable bonds is 2. The van der Waals surface area contributed by atoms with Crippen LogP contribution in [0.25, 0.3) is 0 Å². The molecule has 0 bridgehead atoms. The van der Waals surface area contributed by atoms with Crippen LogP contribution >= 0.6 is 0 Å². The first-order chi connectivity index (χ1) is 5.92. The molecule has 0 saturated carbocycles. The molecule has 1 aliphatic rings. The van der Waals surface area contributed by atoms with Crippen molar-refractivity contribution in [2.75, 3.05) is 13.6 Å². The average Bonchev–Trinajstić information content (AvgIpc) is 2.53. The van der Waals surface area contributed by atoms with Crippen molar-refractivity contribution in [3.8, 4) is 0 Å². The summed E-state index contributed by atoms with van der Waals surface area (Å²) in [4.78, 5) is 3.20. The third-order valence-corrected chi connectivity index (χ3v) is 2.76. The van der Waals surface area contributed by atoms with E-state index in [1.165, 1.54) is 30.4 Å². The van der Waals surface area contributed by atoms with Crippen molar-refractivity contribution in [3.63, 3.8) is 0 Å². The Morgan fingerprint density at radius 1 is 1.58 bits per heavy atom. The van der Waals surface area contributed by atoms with E-state index < -0.39 is 0 Å². The van der Waals surface area contributed by atoms with E-state index in [1.807, 2.05) is 7.05 Å². The number of nitrogens with one attached hydrogen (secondary N) is 2. The summed E-state index contributed by atoms with van der Waals surface area (Å²) in [5, 5.41) is 3.25. The zero-order valence-corrected chi connectivity index (χ0v) is 7.56. The molecule has 0 saturated heterocycles. The lowest BCUT2D eigenvalue weighted by Gasteiger charge is -2.21. The first-order valence-electron chi connectivity index (χ1n) is 4.72. The van der Waals surface area contributed by atoms with E-state index in [-0.39, 0.29) is 0 Å². The van der Waals surface area contributed by atoms with Gasteiger partial charge in [-0.25, -0.2) is 0 Å². The van der Waals surface area contributed by atoms with Gasteiger partial charge in [-0.05, 0) is 43.4 Å². The molecule has 2 rings (SSSR count). The highest BCUT2D eigenvalue weighted by Crippen LogP contribution is 2.30. The molecule has 1 aromatic heterocycles. The van der Waals surface area contributed by atoms with E-state index in [4.69, 9.17) is 0 Å². The second kappa shape index (κ2) is 3.31. The Kier molecular flexibility index (Phi) is 2.17. The van der Waals surface area contributed by atoms with E-state index in [9.17, 15) is 0 Å². The molecule has 2 heteroatoms. The van der Waals surface area contributed by atoms with E-state index in [0.29, 0.717) is 0 Å². The topological polar surface area (TPSA) is 27.8 Å². The molecule has 1 unspecified atom stereocenters. The van der Waals surface area contributed by atoms with Gasteiger partial charge in [-0.15, -0.1) is 0 Å². The van der Waals surface area contributed by atoms with Crippen molar-refractivity contribution in [1.82, 2.24) is 10.3 Å². The number of aromatic nitrogens is 1. The van der Waals surface area contributed by atoms with Crippen LogP contribution in [0.15, 0.2) is 12.4 Å². The zero-order valence-electron chi connectivity index (χ0n) is 7.56. The summed E-state index contributed by atoms with van der Waals surface area (Å²) in [6.45, 7) is 1.12. The quantitative estimate of drug-likeness (QED) is 0.683. The van der Waals surface area contributed by atoms with Gasteiger partial charge in [0.05, 0.1) is 0 Å². The fourth-order valence-electron chi connectivity index (χ4n) is 2.16. The molecule has 66 valence electrons. The van der Waals surface area contributed by atoms with Gasteiger partial charge in [0, 0.05) is 18.9 Å². The van der Waals surface area contributed by atoms with Gasteiger partial charge in [0.15, 0.2) is 0 Å². The maximum absolute atomic E-state index is 3.25. The fourth-order valence-corrected chi connectivity index (χ4v) is 2.16. The van der Waals surface area contributed by atoms with Crippen molar-refractivity contribution in [3.05, 3.63) is 23.5 Å². The van der Waals surface area contributed by atoms with E-state index >= 15 is 0 Å². The Morgan fingerprint density at radius 3 is 3.33 bits per heavy atom. The lowest BCUT2D eigenvalue weighted by molar-refractivity contribution is 0.531. The number of fused-ring (bicyclic) bond motifs is 1. The summed E-state index contributed by atoms with van der Waals surface area (Å²) in [6.07, 6.45) is 8.26. The Hall–Kier alpha value is -0.760. The van der Waals surface area contributed by atoms with E-state index in [0.717, 1.165) is 12.5 Å². The summed E-state index contributed by atoms with van der Waals surface area (Å²) in [6, 6.07) is 0. The molecule has 12 heavy (non-hydrogen) atoms. The predicted molar refractivity (Wildman–Crippen MR) is 50.4 cm³/mol. The highest BCUT2D eigenvalue weighted by atomic mass is 14.8. The molecule has 0 fully saturated rings. The lowest BCUT2D eigenvalue weighted by atomic mass is 9.85. The smallest absolute Gasteiger partial charge is 0.00435 e. The number of hydrogen-bond acceptors (Lipinski definition) is 1. The van der Waals surface area contributed by atoms with Crippen LogP contribution in [0.5, 0.6) is 0 Å². The van der Waals surface area contributed by atoms with E-state index in [2.05, 4.69) is 22.7 Å². The van der Waals surface area contributed by atoms with Crippen LogP contribution in [0.3, 0.4) is 0 Å². The van der Waals surface area contributed by atoms with Crippen LogP contribution < -0.4 is 5.32 Å². The van der Waals surface area contributed by atoms with Crippen LogP contribution in [0.2, 0.25) is 0 Å². The van der Waals surface area contributed by atoms with Crippen molar-refractivity contribution in [1.29, 1.82) is 0 Å². The first kappa shape index (κ1) is 7.87. The second-order valence-corrected chi connectivity index (χ2v) is 3.58. The SMILES string of the molecule is CNCC1CCCc2c[nH]cc21. The summed E-state index contributed by atoms with van der Waals surface area (Å²) in [7, 11) is 2.03. The largest absolute Gasteiger partial charge is 0.367 e. The maximum Gasteiger partial charge on any atom is 0.00435 e. The molecule has 1 atom stereocenters. The number of hydrogen-bond donors (Lipinski definition) is 2. The summed E-state index contributed by atoms with van der Waals surface area (Å²) >= 11 is 0. The third kappa shape index (κ3) is 1.27. The van der Waals surface area contributed by atoms with Crippen LogP contribution in [-0.4, -0.2) is 18.6 Å². The highest BCUT2D eigenvalue weighted by molar-refractivity contribution is 5.29. The predicted octanol–water partition coefficient (Wildman–Crippen LogP) is 1.65. The van der Waals surface area contributed by atoms with Gasteiger partial charge < -0.3 is 10.3 Å². The van der Waals surface area contributed by atoms with Crippen LogP contribution in [0, 0.1) is 0 Å². The maximum atomic E-state index is 3.25. The summed E-state index contributed by atoms with van der Waals surface area (Å²) in [5.74, 6) is 0.741. The number of likely N-dealkylation sites (N-methyl/N-ethyl adjacent to an activating group) is 1. The Labute approximate surface area is 73.4 Å². The minimum Gasteiger partial charge on any atom is -0.367 e. The van der Waals surface area contributed by atoms with Crippen molar-refractivity contribution < 1.29 is 0 Å². The van der Waals surface area contributed by atoms with Crippen molar-refractivity contribution in [2.45, 2.75) is 25.2 Å². The lowest BCUT2D eigenvalue weighted by Crippen LogP contribution is -2.20.